The second-order valence-corrected chi connectivity index (χ2v) is 25.9. The van der Waals surface area contributed by atoms with Gasteiger partial charge in [0.1, 0.15) is 58.4 Å². The predicted molar refractivity (Wildman–Crippen MR) is 320 cm³/mol. The SMILES string of the molecule is CCCCCCCCCCN(CCC(=O)C[C@@H](CCCCNC(=O)OC(C)(C)C)C(=O)N(C)[C@@H]1C(=O)C[C@@H](C)C(=O)N[C@H](C(=O)O)Cc2ccc(OC(=O)OC(C)(C)C)c(c2)-c2cc1ccc2OC1O[C@H](CO)[C@@H](O)[C@H](O)[C@H]1C)C(=O)OC(C)(C)C. The lowest BCUT2D eigenvalue weighted by molar-refractivity contribution is -0.256. The van der Waals surface area contributed by atoms with Crippen molar-refractivity contribution >= 4 is 47.7 Å². The number of nitrogens with one attached hydrogen (secondary N) is 2. The maximum absolute atomic E-state index is 15.4. The van der Waals surface area contributed by atoms with Gasteiger partial charge >= 0.3 is 24.3 Å². The number of ketones is 2. The maximum atomic E-state index is 15.4. The summed E-state index contributed by atoms with van der Waals surface area (Å²) in [5.41, 5.74) is -1.88. The number of ether oxygens (including phenoxy) is 6. The minimum Gasteiger partial charge on any atom is -0.480 e. The number of unbranched alkanes of at least 4 members (excludes halogenated alkanes) is 8. The summed E-state index contributed by atoms with van der Waals surface area (Å²) in [6.45, 7) is 20.4. The summed E-state index contributed by atoms with van der Waals surface area (Å²) in [6.07, 6.45) is 0.116. The molecule has 4 rings (SSSR count). The zero-order valence-corrected chi connectivity index (χ0v) is 53.0. The molecular weight excluding hydrogens is 1110 g/mol. The molecule has 0 spiro atoms. The van der Waals surface area contributed by atoms with Gasteiger partial charge < -0.3 is 69.3 Å². The number of amides is 4. The molecule has 6 N–H and O–H groups in total. The number of carboxylic acid groups (broad SMARTS) is 1. The summed E-state index contributed by atoms with van der Waals surface area (Å²) in [4.78, 5) is 114. The van der Waals surface area contributed by atoms with Gasteiger partial charge in [0.25, 0.3) is 0 Å². The zero-order valence-electron chi connectivity index (χ0n) is 53.0. The molecular formula is C64H98N4O18. The fourth-order valence-electron chi connectivity index (χ4n) is 10.2. The number of likely N-dealkylation sites (N-methyl/N-ethyl adjacent to an activating group) is 1. The minimum absolute atomic E-state index is 0.00732. The Morgan fingerprint density at radius 3 is 1.99 bits per heavy atom. The zero-order chi connectivity index (χ0) is 64.3. The quantitative estimate of drug-likeness (QED) is 0.0221. The largest absolute Gasteiger partial charge is 0.514 e. The highest BCUT2D eigenvalue weighted by molar-refractivity contribution is 5.96. The van der Waals surface area contributed by atoms with E-state index >= 15 is 9.59 Å². The highest BCUT2D eigenvalue weighted by Crippen LogP contribution is 2.43. The molecule has 2 aromatic rings. The highest BCUT2D eigenvalue weighted by Gasteiger charge is 2.44. The van der Waals surface area contributed by atoms with Crippen molar-refractivity contribution in [1.29, 1.82) is 0 Å². The number of alkyl carbamates (subject to hydrolysis) is 1. The van der Waals surface area contributed by atoms with Gasteiger partial charge in [0, 0.05) is 81.2 Å². The summed E-state index contributed by atoms with van der Waals surface area (Å²) < 4.78 is 35.0. The number of Topliss-reactive ketones (excluding diaryl/α,β-unsaturated/α-hetero) is 2. The molecule has 4 bridgehead atoms. The lowest BCUT2D eigenvalue weighted by Crippen LogP contribution is -2.56. The fourth-order valence-corrected chi connectivity index (χ4v) is 10.2. The van der Waals surface area contributed by atoms with Crippen LogP contribution in [0.1, 0.15) is 190 Å². The first kappa shape index (κ1) is 72.1. The molecule has 4 amide bonds. The van der Waals surface area contributed by atoms with Gasteiger partial charge in [-0.2, -0.15) is 0 Å². The number of aliphatic hydroxyl groups is 3. The Morgan fingerprint density at radius 2 is 1.37 bits per heavy atom. The van der Waals surface area contributed by atoms with Crippen LogP contribution in [0.2, 0.25) is 0 Å². The Balaban J connectivity index is 1.87. The minimum atomic E-state index is -1.52. The number of fused-ring (bicyclic) bond motifs is 5. The van der Waals surface area contributed by atoms with E-state index in [1.165, 1.54) is 73.0 Å². The molecule has 0 aromatic heterocycles. The van der Waals surface area contributed by atoms with E-state index in [4.69, 9.17) is 28.4 Å². The third-order valence-corrected chi connectivity index (χ3v) is 14.8. The van der Waals surface area contributed by atoms with Gasteiger partial charge in [0.05, 0.1) is 12.7 Å². The first-order chi connectivity index (χ1) is 40.2. The molecule has 2 aliphatic heterocycles. The molecule has 0 saturated carbocycles. The van der Waals surface area contributed by atoms with E-state index in [0.717, 1.165) is 32.1 Å². The van der Waals surface area contributed by atoms with E-state index in [1.54, 1.807) is 69.2 Å². The molecule has 22 nitrogen and oxygen atoms in total. The summed E-state index contributed by atoms with van der Waals surface area (Å²) in [6, 6.07) is 5.85. The second kappa shape index (κ2) is 33.1. The number of rotatable bonds is 26. The number of carbonyl (C=O) groups excluding carboxylic acids is 7. The number of hydrogen-bond acceptors (Lipinski definition) is 17. The second-order valence-electron chi connectivity index (χ2n) is 25.9. The topological polar surface area (TPSA) is 303 Å². The van der Waals surface area contributed by atoms with Crippen molar-refractivity contribution in [2.45, 2.75) is 233 Å². The molecule has 2 aromatic carbocycles. The molecule has 1 fully saturated rings. The molecule has 1 saturated heterocycles. The number of carboxylic acids is 1. The van der Waals surface area contributed by atoms with Gasteiger partial charge in [0.2, 0.25) is 18.1 Å². The van der Waals surface area contributed by atoms with Crippen molar-refractivity contribution in [3.63, 3.8) is 0 Å². The third kappa shape index (κ3) is 23.4. The molecule has 0 aliphatic carbocycles. The maximum Gasteiger partial charge on any atom is 0.514 e. The number of benzene rings is 2. The monoisotopic (exact) mass is 1210 g/mol. The predicted octanol–water partition coefficient (Wildman–Crippen LogP) is 9.38. The van der Waals surface area contributed by atoms with E-state index in [9.17, 15) is 49.2 Å². The van der Waals surface area contributed by atoms with Crippen LogP contribution in [0.4, 0.5) is 14.4 Å². The summed E-state index contributed by atoms with van der Waals surface area (Å²) >= 11 is 0. The summed E-state index contributed by atoms with van der Waals surface area (Å²) in [5.74, 6) is -7.01. The van der Waals surface area contributed by atoms with Crippen LogP contribution in [0.25, 0.3) is 11.1 Å². The van der Waals surface area contributed by atoms with Crippen LogP contribution in [0.3, 0.4) is 0 Å². The van der Waals surface area contributed by atoms with Gasteiger partial charge in [-0.05, 0) is 117 Å². The Kier molecular flexibility index (Phi) is 27.8. The van der Waals surface area contributed by atoms with Crippen LogP contribution >= 0.6 is 0 Å². The molecule has 22 heteroatoms. The Bertz CT molecular complexity index is 2600. The molecule has 9 atom stereocenters. The van der Waals surface area contributed by atoms with Gasteiger partial charge in [-0.25, -0.2) is 19.2 Å². The number of carbonyl (C=O) groups is 8. The van der Waals surface area contributed by atoms with E-state index in [2.05, 4.69) is 17.6 Å². The molecule has 482 valence electrons. The molecule has 86 heavy (non-hydrogen) atoms. The third-order valence-electron chi connectivity index (χ3n) is 14.8. The van der Waals surface area contributed by atoms with Crippen molar-refractivity contribution in [3.05, 3.63) is 47.5 Å². The van der Waals surface area contributed by atoms with Crippen molar-refractivity contribution in [2.24, 2.45) is 17.8 Å². The van der Waals surface area contributed by atoms with Crippen molar-refractivity contribution in [3.8, 4) is 22.6 Å². The lowest BCUT2D eigenvalue weighted by atomic mass is 9.88. The fraction of sp³-hybridized carbons (Fsp3) is 0.688. The average molecular weight is 1210 g/mol. The number of nitrogens with zero attached hydrogens (tertiary/aromatic N) is 2. The first-order valence-corrected chi connectivity index (χ1v) is 30.5. The Morgan fingerprint density at radius 1 is 0.756 bits per heavy atom. The average Bonchev–Trinajstić information content (AvgIpc) is 1.07. The number of aliphatic hydroxyl groups excluding tert-OH is 3. The Hall–Kier alpha value is -6.36. The molecule has 1 unspecified atom stereocenters. The molecule has 0 radical (unpaired) electrons. The van der Waals surface area contributed by atoms with Crippen molar-refractivity contribution in [1.82, 2.24) is 20.4 Å². The van der Waals surface area contributed by atoms with Crippen LogP contribution in [0.15, 0.2) is 36.4 Å². The number of hydrogen-bond donors (Lipinski definition) is 6. The van der Waals surface area contributed by atoms with E-state index in [0.29, 0.717) is 31.4 Å². The van der Waals surface area contributed by atoms with Crippen LogP contribution in [-0.2, 0) is 49.3 Å². The summed E-state index contributed by atoms with van der Waals surface area (Å²) in [5, 5.41) is 47.7. The number of aliphatic carboxylic acids is 1. The lowest BCUT2D eigenvalue weighted by Gasteiger charge is -2.41. The first-order valence-electron chi connectivity index (χ1n) is 30.5. The van der Waals surface area contributed by atoms with Gasteiger partial charge in [0.15, 0.2) is 5.78 Å². The van der Waals surface area contributed by atoms with Gasteiger partial charge in [-0.1, -0.05) is 84.3 Å². The van der Waals surface area contributed by atoms with E-state index in [-0.39, 0.29) is 72.7 Å². The molecule has 2 aliphatic rings. The van der Waals surface area contributed by atoms with E-state index in [1.807, 2.05) is 0 Å². The van der Waals surface area contributed by atoms with Crippen LogP contribution < -0.4 is 20.1 Å². The Labute approximate surface area is 507 Å². The van der Waals surface area contributed by atoms with Crippen LogP contribution in [0.5, 0.6) is 11.5 Å². The van der Waals surface area contributed by atoms with Gasteiger partial charge in [-0.15, -0.1) is 0 Å². The standard InChI is InChI=1S/C64H98N4O18/c1-14-15-16-17-18-19-20-23-31-68(60(79)85-63(7,8)9)32-29-44(70)36-43(24-21-22-30-65-59(78)84-62(4,5)6)56(75)67(13)52-42-26-28-49(81-58-40(3)53(72)54(73)51(38-69)82-58)46(37-42)45-34-41(25-27-50(45)83-61(80)86-64(10,11)12)35-47(57(76)77)66-55(74)39(2)33-48(52)71/h25-28,34,37,39-40,43,47,51-54,58,69,72-73H,14-24,29-33,35-36,38H2,1-13H3,(H,65,78)(H,66,74)(H,76,77)/t39-,40-,43-,47+,51-,52+,53-,54-,58?/m1/s1. The smallest absolute Gasteiger partial charge is 0.480 e. The highest BCUT2D eigenvalue weighted by atomic mass is 16.7. The van der Waals surface area contributed by atoms with Crippen LogP contribution in [0, 0.1) is 17.8 Å². The van der Waals surface area contributed by atoms with Crippen molar-refractivity contribution in [2.75, 3.05) is 33.3 Å². The summed E-state index contributed by atoms with van der Waals surface area (Å²) in [7, 11) is 1.40. The van der Waals surface area contributed by atoms with Crippen LogP contribution in [-0.4, -0.2) is 159 Å². The van der Waals surface area contributed by atoms with Gasteiger partial charge in [-0.3, -0.25) is 19.2 Å². The molecule has 2 heterocycles. The normalized spacial score (nSPS) is 21.4. The van der Waals surface area contributed by atoms with Crippen molar-refractivity contribution < 1.29 is 87.2 Å². The van der Waals surface area contributed by atoms with E-state index < -0.39 is 126 Å².